The van der Waals surface area contributed by atoms with Gasteiger partial charge >= 0.3 is 5.97 Å². The molecular formula is C25H21O7-. The van der Waals surface area contributed by atoms with Crippen molar-refractivity contribution in [3.63, 3.8) is 0 Å². The minimum atomic E-state index is -1.26. The Bertz CT molecular complexity index is 1140. The van der Waals surface area contributed by atoms with Crippen LogP contribution in [0.25, 0.3) is 0 Å². The first-order chi connectivity index (χ1) is 15.5. The topological polar surface area (TPSA) is 94.1 Å². The summed E-state index contributed by atoms with van der Waals surface area (Å²) in [6, 6.07) is 18.9. The van der Waals surface area contributed by atoms with Crippen LogP contribution in [-0.2, 0) is 16.1 Å². The predicted octanol–water partition coefficient (Wildman–Crippen LogP) is 3.45. The van der Waals surface area contributed by atoms with Crippen LogP contribution in [0.2, 0.25) is 0 Å². The summed E-state index contributed by atoms with van der Waals surface area (Å²) in [7, 11) is 2.59. The van der Waals surface area contributed by atoms with Gasteiger partial charge in [0.1, 0.15) is 30.0 Å². The van der Waals surface area contributed by atoms with E-state index in [-0.39, 0.29) is 17.1 Å². The number of benzene rings is 3. The van der Waals surface area contributed by atoms with Crippen molar-refractivity contribution in [3.05, 3.63) is 83.4 Å². The van der Waals surface area contributed by atoms with Gasteiger partial charge in [0, 0.05) is 0 Å². The van der Waals surface area contributed by atoms with Crippen molar-refractivity contribution in [2.45, 2.75) is 12.7 Å². The summed E-state index contributed by atoms with van der Waals surface area (Å²) in [5, 5.41) is 12.2. The van der Waals surface area contributed by atoms with Gasteiger partial charge in [-0.05, 0) is 35.4 Å². The maximum absolute atomic E-state index is 13.3. The van der Waals surface area contributed by atoms with Crippen molar-refractivity contribution < 1.29 is 33.6 Å². The lowest BCUT2D eigenvalue weighted by molar-refractivity contribution is -0.270. The second-order valence-corrected chi connectivity index (χ2v) is 7.25. The first-order valence-electron chi connectivity index (χ1n) is 9.96. The molecule has 0 fully saturated rings. The summed E-state index contributed by atoms with van der Waals surface area (Å²) in [6.07, 6.45) is -1.00. The third-order valence-corrected chi connectivity index (χ3v) is 5.28. The fourth-order valence-corrected chi connectivity index (χ4v) is 3.63. The van der Waals surface area contributed by atoms with Crippen LogP contribution in [0.3, 0.4) is 0 Å². The van der Waals surface area contributed by atoms with Gasteiger partial charge in [-0.25, -0.2) is 0 Å². The molecule has 0 aliphatic carbocycles. The van der Waals surface area contributed by atoms with E-state index in [1.165, 1.54) is 26.4 Å². The van der Waals surface area contributed by atoms with Crippen LogP contribution < -0.4 is 19.3 Å². The van der Waals surface area contributed by atoms with Gasteiger partial charge in [0.15, 0.2) is 11.7 Å². The normalized spacial score (nSPS) is 17.1. The van der Waals surface area contributed by atoms with E-state index in [4.69, 9.17) is 18.9 Å². The van der Waals surface area contributed by atoms with Crippen LogP contribution in [0.1, 0.15) is 27.6 Å². The Hall–Kier alpha value is -4.00. The number of hydrogen-bond donors (Lipinski definition) is 0. The molecule has 0 spiro atoms. The molecule has 32 heavy (non-hydrogen) atoms. The quantitative estimate of drug-likeness (QED) is 0.434. The zero-order valence-corrected chi connectivity index (χ0v) is 17.6. The summed E-state index contributed by atoms with van der Waals surface area (Å²) in [5.41, 5.74) is 1.58. The van der Waals surface area contributed by atoms with Gasteiger partial charge in [-0.3, -0.25) is 9.59 Å². The zero-order valence-electron chi connectivity index (χ0n) is 17.6. The first kappa shape index (κ1) is 21.2. The van der Waals surface area contributed by atoms with Crippen molar-refractivity contribution in [3.8, 4) is 23.0 Å². The van der Waals surface area contributed by atoms with E-state index in [1.807, 2.05) is 30.3 Å². The van der Waals surface area contributed by atoms with E-state index >= 15 is 0 Å². The van der Waals surface area contributed by atoms with E-state index in [1.54, 1.807) is 24.3 Å². The summed E-state index contributed by atoms with van der Waals surface area (Å²) in [5.74, 6) is -1.91. The van der Waals surface area contributed by atoms with Crippen LogP contribution >= 0.6 is 0 Å². The molecule has 7 nitrogen and oxygen atoms in total. The lowest BCUT2D eigenvalue weighted by Gasteiger charge is -2.32. The average molecular weight is 433 g/mol. The number of hydrogen-bond acceptors (Lipinski definition) is 7. The molecular weight excluding hydrogens is 412 g/mol. The van der Waals surface area contributed by atoms with E-state index in [2.05, 4.69) is 0 Å². The highest BCUT2D eigenvalue weighted by molar-refractivity contribution is 6.11. The zero-order chi connectivity index (χ0) is 22.7. The average Bonchev–Trinajstić information content (AvgIpc) is 2.83. The molecule has 0 aromatic heterocycles. The molecule has 1 aliphatic rings. The van der Waals surface area contributed by atoms with Crippen LogP contribution in [0, 0.1) is 5.92 Å². The highest BCUT2D eigenvalue weighted by atomic mass is 16.5. The second-order valence-electron chi connectivity index (χ2n) is 7.25. The van der Waals surface area contributed by atoms with Gasteiger partial charge in [-0.15, -0.1) is 0 Å². The van der Waals surface area contributed by atoms with Crippen molar-refractivity contribution in [1.82, 2.24) is 0 Å². The standard InChI is InChI=1S/C25H22O7/c1-29-21-10-8-16(12-19(21)26)24-22(25(28)30-2)23(27)18-13-17(9-11-20(18)32-24)31-14-15-6-4-3-5-7-15/h3-13,22,24,26H,14H2,1-2H3/p-1. The first-order valence-corrected chi connectivity index (χ1v) is 9.96. The third-order valence-electron chi connectivity index (χ3n) is 5.28. The number of ether oxygens (including phenoxy) is 4. The molecule has 0 saturated heterocycles. The Morgan fingerprint density at radius 1 is 1.03 bits per heavy atom. The van der Waals surface area contributed by atoms with Gasteiger partial charge in [-0.2, -0.15) is 0 Å². The minimum absolute atomic E-state index is 0.158. The number of rotatable bonds is 6. The number of fused-ring (bicyclic) bond motifs is 1. The van der Waals surface area contributed by atoms with Crippen LogP contribution in [0.5, 0.6) is 23.0 Å². The van der Waals surface area contributed by atoms with Gasteiger partial charge in [0.2, 0.25) is 0 Å². The van der Waals surface area contributed by atoms with Crippen molar-refractivity contribution in [2.24, 2.45) is 5.92 Å². The molecule has 0 N–H and O–H groups in total. The highest BCUT2D eigenvalue weighted by Crippen LogP contribution is 2.42. The minimum Gasteiger partial charge on any atom is -0.870 e. The van der Waals surface area contributed by atoms with E-state index < -0.39 is 23.8 Å². The summed E-state index contributed by atoms with van der Waals surface area (Å²) < 4.78 is 21.7. The lowest BCUT2D eigenvalue weighted by atomic mass is 9.85. The highest BCUT2D eigenvalue weighted by Gasteiger charge is 2.44. The van der Waals surface area contributed by atoms with Crippen LogP contribution in [-0.4, -0.2) is 26.0 Å². The molecule has 2 unspecified atom stereocenters. The molecule has 1 aliphatic heterocycles. The Morgan fingerprint density at radius 2 is 1.81 bits per heavy atom. The number of carbonyl (C=O) groups excluding carboxylic acids is 2. The monoisotopic (exact) mass is 433 g/mol. The molecule has 3 aromatic rings. The smallest absolute Gasteiger partial charge is 0.320 e. The fraction of sp³-hybridized carbons (Fsp3) is 0.200. The van der Waals surface area contributed by atoms with E-state index in [0.29, 0.717) is 23.7 Å². The largest absolute Gasteiger partial charge is 0.870 e. The number of esters is 1. The Kier molecular flexibility index (Phi) is 5.98. The van der Waals surface area contributed by atoms with Gasteiger partial charge < -0.3 is 24.1 Å². The molecule has 164 valence electrons. The molecule has 0 saturated carbocycles. The fourth-order valence-electron chi connectivity index (χ4n) is 3.63. The van der Waals surface area contributed by atoms with E-state index in [0.717, 1.165) is 5.56 Å². The molecule has 3 aromatic carbocycles. The van der Waals surface area contributed by atoms with Crippen molar-refractivity contribution in [1.29, 1.82) is 0 Å². The molecule has 4 rings (SSSR count). The molecule has 0 amide bonds. The molecule has 2 atom stereocenters. The molecule has 0 bridgehead atoms. The number of ketones is 1. The van der Waals surface area contributed by atoms with Gasteiger partial charge in [0.05, 0.1) is 19.8 Å². The third kappa shape index (κ3) is 4.09. The second kappa shape index (κ2) is 9.01. The Morgan fingerprint density at radius 3 is 2.50 bits per heavy atom. The van der Waals surface area contributed by atoms with Crippen molar-refractivity contribution >= 4 is 11.8 Å². The lowest BCUT2D eigenvalue weighted by Crippen LogP contribution is -2.38. The van der Waals surface area contributed by atoms with Crippen molar-refractivity contribution in [2.75, 3.05) is 14.2 Å². The number of carbonyl (C=O) groups is 2. The SMILES string of the molecule is COC(=O)C1C(=O)c2cc(OCc3ccccc3)ccc2OC1c1ccc(OC)c([O-])c1. The number of Topliss-reactive ketones (excluding diaryl/α,β-unsaturated/α-hetero) is 1. The Labute approximate surface area is 185 Å². The van der Waals surface area contributed by atoms with Crippen LogP contribution in [0.4, 0.5) is 0 Å². The van der Waals surface area contributed by atoms with Gasteiger partial charge in [-0.1, -0.05) is 48.2 Å². The summed E-state index contributed by atoms with van der Waals surface area (Å²) >= 11 is 0. The maximum Gasteiger partial charge on any atom is 0.320 e. The summed E-state index contributed by atoms with van der Waals surface area (Å²) in [4.78, 5) is 25.8. The predicted molar refractivity (Wildman–Crippen MR) is 113 cm³/mol. The Balaban J connectivity index is 1.65. The van der Waals surface area contributed by atoms with E-state index in [9.17, 15) is 14.7 Å². The molecule has 1 heterocycles. The summed E-state index contributed by atoms with van der Waals surface area (Å²) in [6.45, 7) is 0.329. The number of methoxy groups -OCH3 is 2. The maximum atomic E-state index is 13.3. The molecule has 0 radical (unpaired) electrons. The van der Waals surface area contributed by atoms with Gasteiger partial charge in [0.25, 0.3) is 0 Å². The van der Waals surface area contributed by atoms with Crippen LogP contribution in [0.15, 0.2) is 66.7 Å². The molecule has 7 heteroatoms.